The minimum Gasteiger partial charge on any atom is -0.744 e. The number of benzene rings is 5. The van der Waals surface area contributed by atoms with E-state index in [1.54, 1.807) is 6.20 Å². The molecule has 0 fully saturated rings. The highest BCUT2D eigenvalue weighted by atomic mass is 32.2. The Bertz CT molecular complexity index is 3610. The molecule has 0 radical (unpaired) electrons. The average Bonchev–Trinajstić information content (AvgIpc) is 3.95. The summed E-state index contributed by atoms with van der Waals surface area (Å²) < 4.78 is 82.5. The molecule has 0 bridgehead atoms. The van der Waals surface area contributed by atoms with Gasteiger partial charge in [-0.05, 0) is 76.6 Å². The van der Waals surface area contributed by atoms with Crippen LogP contribution in [0.3, 0.4) is 0 Å². The van der Waals surface area contributed by atoms with Crippen molar-refractivity contribution in [3.63, 3.8) is 0 Å². The maximum Gasteiger partial charge on any atom is 0.259 e. The average molecular weight is 939 g/mol. The molecule has 2 N–H and O–H groups in total. The summed E-state index contributed by atoms with van der Waals surface area (Å²) in [6, 6.07) is 30.1. The summed E-state index contributed by atoms with van der Waals surface area (Å²) >= 11 is 0. The summed E-state index contributed by atoms with van der Waals surface area (Å²) in [5.41, 5.74) is 5.84. The van der Waals surface area contributed by atoms with E-state index in [4.69, 9.17) is 4.42 Å². The van der Waals surface area contributed by atoms with Crippen molar-refractivity contribution in [1.82, 2.24) is 23.7 Å². The molecule has 4 aromatic carbocycles. The highest BCUT2D eigenvalue weighted by molar-refractivity contribution is 7.89. The fourth-order valence-corrected chi connectivity index (χ4v) is 11.4. The monoisotopic (exact) mass is 938 g/mol. The van der Waals surface area contributed by atoms with Gasteiger partial charge in [0.25, 0.3) is 11.8 Å². The van der Waals surface area contributed by atoms with Crippen LogP contribution < -0.4 is 24.9 Å². The second-order valence-corrected chi connectivity index (χ2v) is 19.6. The number of nitrogens with zero attached hydrogens (tertiary/aromatic N) is 4. The second-order valence-electron chi connectivity index (χ2n) is 16.5. The third kappa shape index (κ3) is 8.13. The minimum atomic E-state index is -5.23. The molecule has 4 heterocycles. The second kappa shape index (κ2) is 17.8. The Labute approximate surface area is 388 Å². The van der Waals surface area contributed by atoms with Crippen LogP contribution in [-0.2, 0) is 43.3 Å². The molecule has 0 saturated heterocycles. The predicted molar refractivity (Wildman–Crippen MR) is 261 cm³/mol. The number of hydrogen-bond acceptors (Lipinski definition) is 9. The largest absolute Gasteiger partial charge is 0.744 e. The number of amides is 2. The van der Waals surface area contributed by atoms with Crippen molar-refractivity contribution in [3.05, 3.63) is 132 Å². The number of imide groups is 1. The predicted octanol–water partition coefficient (Wildman–Crippen LogP) is 7.15. The van der Waals surface area contributed by atoms with E-state index in [0.717, 1.165) is 65.1 Å². The van der Waals surface area contributed by atoms with Crippen molar-refractivity contribution < 1.29 is 35.4 Å². The lowest BCUT2D eigenvalue weighted by Gasteiger charge is -2.23. The molecule has 0 saturated carbocycles. The van der Waals surface area contributed by atoms with Gasteiger partial charge >= 0.3 is 0 Å². The quantitative estimate of drug-likeness (QED) is 0.0355. The SMILES string of the molecule is CCN(CC)c1ccc2c(-c3ccc(S(=O)(=O)NCCCn4cc(C5=C(c6cn(C)c7ccccc67)C(=O)NC5=O)c5ccccc54)cc3S(=O)(=O)[O-])c3ccc(=[N+](CC)CC)cc-3oc2c1. The number of carbonyl (C=O) groups is 2. The zero-order valence-corrected chi connectivity index (χ0v) is 39.4. The Morgan fingerprint density at radius 2 is 1.36 bits per heavy atom. The number of para-hydroxylation sites is 2. The summed E-state index contributed by atoms with van der Waals surface area (Å²) in [6.07, 6.45) is 3.94. The first-order valence-corrected chi connectivity index (χ1v) is 25.2. The van der Waals surface area contributed by atoms with Gasteiger partial charge in [0.15, 0.2) is 0 Å². The van der Waals surface area contributed by atoms with Crippen LogP contribution >= 0.6 is 0 Å². The fraction of sp³-hybridized carbons (Fsp3) is 0.235. The summed E-state index contributed by atoms with van der Waals surface area (Å²) in [5, 5.41) is 5.53. The number of rotatable bonds is 15. The van der Waals surface area contributed by atoms with Gasteiger partial charge in [0.2, 0.25) is 15.4 Å². The van der Waals surface area contributed by atoms with Crippen LogP contribution in [0.25, 0.3) is 66.4 Å². The summed E-state index contributed by atoms with van der Waals surface area (Å²) in [4.78, 5) is 28.1. The van der Waals surface area contributed by atoms with Crippen LogP contribution in [0.5, 0.6) is 0 Å². The van der Waals surface area contributed by atoms with Crippen molar-refractivity contribution in [2.75, 3.05) is 37.6 Å². The Kier molecular flexibility index (Phi) is 12.0. The first-order chi connectivity index (χ1) is 32.2. The van der Waals surface area contributed by atoms with E-state index < -0.39 is 36.9 Å². The third-order valence-corrected chi connectivity index (χ3v) is 15.1. The molecular weight excluding hydrogens is 889 g/mol. The number of anilines is 1. The van der Waals surface area contributed by atoms with Crippen molar-refractivity contribution in [2.24, 2.45) is 7.05 Å². The molecule has 9 rings (SSSR count). The van der Waals surface area contributed by atoms with Gasteiger partial charge in [-0.15, -0.1) is 0 Å². The number of aromatic nitrogens is 2. The molecule has 2 aromatic heterocycles. The number of sulfonamides is 1. The molecule has 0 atom stereocenters. The number of hydrogen-bond donors (Lipinski definition) is 2. The number of aryl methyl sites for hydroxylation is 2. The van der Waals surface area contributed by atoms with Gasteiger partial charge in [-0.3, -0.25) is 14.9 Å². The lowest BCUT2D eigenvalue weighted by Crippen LogP contribution is -2.29. The Morgan fingerprint density at radius 1 is 0.716 bits per heavy atom. The van der Waals surface area contributed by atoms with Gasteiger partial charge in [0.1, 0.15) is 34.6 Å². The van der Waals surface area contributed by atoms with Gasteiger partial charge in [0, 0.05) is 118 Å². The number of nitrogens with one attached hydrogen (secondary N) is 2. The molecule has 16 heteroatoms. The number of fused-ring (bicyclic) bond motifs is 4. The van der Waals surface area contributed by atoms with Gasteiger partial charge < -0.3 is 23.0 Å². The summed E-state index contributed by atoms with van der Waals surface area (Å²) in [7, 11) is -7.68. The van der Waals surface area contributed by atoms with Gasteiger partial charge in [0.05, 0.1) is 27.0 Å². The highest BCUT2D eigenvalue weighted by Gasteiger charge is 2.35. The van der Waals surface area contributed by atoms with Gasteiger partial charge in [-0.2, -0.15) is 0 Å². The summed E-state index contributed by atoms with van der Waals surface area (Å²) in [6.45, 7) is 11.5. The van der Waals surface area contributed by atoms with Crippen molar-refractivity contribution in [1.29, 1.82) is 0 Å². The molecular formula is C51H50N6O8S2. The van der Waals surface area contributed by atoms with E-state index in [9.17, 15) is 31.0 Å². The van der Waals surface area contributed by atoms with Gasteiger partial charge in [-0.25, -0.2) is 26.1 Å². The maximum atomic E-state index is 13.9. The first-order valence-electron chi connectivity index (χ1n) is 22.3. The molecule has 0 spiro atoms. The van der Waals surface area contributed by atoms with Crippen LogP contribution in [0, 0.1) is 0 Å². The van der Waals surface area contributed by atoms with Crippen molar-refractivity contribution in [3.8, 4) is 22.5 Å². The normalized spacial score (nSPS) is 13.5. The molecule has 344 valence electrons. The van der Waals surface area contributed by atoms with Crippen LogP contribution in [0.4, 0.5) is 5.69 Å². The standard InChI is InChI=1S/C51H50N6O8S2/c1-6-55(7-2)32-19-22-37-44(27-32)65-45-28-33(56(8-3)9-4)20-23-38(45)47(37)39-24-21-34(29-46(39)67(62,63)64)66(60,61)52-25-14-26-57-31-41(36-16-11-13-18-43(36)57)49-48(50(58)53-51(49)59)40-30-54(5)42-17-12-10-15-35(40)42/h10-13,15-24,27-31,52H,6-9,14,25-26H2,1-5H3,(H-,53,58,59,62,63,64). The van der Waals surface area contributed by atoms with Crippen molar-refractivity contribution >= 4 is 81.6 Å². The first kappa shape index (κ1) is 45.3. The Morgan fingerprint density at radius 3 is 2.03 bits per heavy atom. The molecule has 1 aliphatic carbocycles. The van der Waals surface area contributed by atoms with Crippen LogP contribution in [0.2, 0.25) is 0 Å². The zero-order valence-electron chi connectivity index (χ0n) is 37.8. The van der Waals surface area contributed by atoms with Gasteiger partial charge in [-0.1, -0.05) is 42.5 Å². The summed E-state index contributed by atoms with van der Waals surface area (Å²) in [5.74, 6) is -0.522. The van der Waals surface area contributed by atoms with E-state index in [1.165, 1.54) is 12.1 Å². The molecule has 2 amide bonds. The fourth-order valence-electron chi connectivity index (χ4n) is 9.49. The van der Waals surface area contributed by atoms with Crippen LogP contribution in [-0.4, -0.2) is 75.1 Å². The maximum absolute atomic E-state index is 13.9. The number of carbonyl (C=O) groups excluding carboxylic acids is 2. The minimum absolute atomic E-state index is 0.0481. The zero-order chi connectivity index (χ0) is 47.4. The Hall–Kier alpha value is -6.85. The Balaban J connectivity index is 1.04. The molecule has 6 aromatic rings. The molecule has 14 nitrogen and oxygen atoms in total. The highest BCUT2D eigenvalue weighted by Crippen LogP contribution is 2.44. The smallest absolute Gasteiger partial charge is 0.259 e. The lowest BCUT2D eigenvalue weighted by atomic mass is 9.93. The van der Waals surface area contributed by atoms with E-state index in [1.807, 2.05) is 135 Å². The van der Waals surface area contributed by atoms with Crippen molar-refractivity contribution in [2.45, 2.75) is 50.5 Å². The molecule has 3 aliphatic rings. The molecule has 67 heavy (non-hydrogen) atoms. The molecule has 0 unspecified atom stereocenters. The molecule has 2 aliphatic heterocycles. The van der Waals surface area contributed by atoms with Crippen LogP contribution in [0.1, 0.15) is 45.2 Å². The van der Waals surface area contributed by atoms with E-state index >= 15 is 0 Å². The van der Waals surface area contributed by atoms with E-state index in [0.29, 0.717) is 51.9 Å². The lowest BCUT2D eigenvalue weighted by molar-refractivity contribution is -0.122. The topological polar surface area (TPSA) is 179 Å². The van der Waals surface area contributed by atoms with Crippen LogP contribution in [0.15, 0.2) is 130 Å². The van der Waals surface area contributed by atoms with E-state index in [-0.39, 0.29) is 28.1 Å². The third-order valence-electron chi connectivity index (χ3n) is 12.8. The van der Waals surface area contributed by atoms with E-state index in [2.05, 4.69) is 19.5 Å².